The van der Waals surface area contributed by atoms with E-state index in [0.29, 0.717) is 31.1 Å². The lowest BCUT2D eigenvalue weighted by Crippen LogP contribution is -2.38. The topological polar surface area (TPSA) is 79.8 Å². The zero-order chi connectivity index (χ0) is 24.8. The van der Waals surface area contributed by atoms with Gasteiger partial charge in [0.1, 0.15) is 23.1 Å². The number of aromatic nitrogens is 2. The molecule has 0 spiro atoms. The fourth-order valence-electron chi connectivity index (χ4n) is 4.41. The summed E-state index contributed by atoms with van der Waals surface area (Å²) < 4.78 is 10.7. The number of carbonyl (C=O) groups excluding carboxylic acids is 1. The second-order valence-electron chi connectivity index (χ2n) is 8.64. The summed E-state index contributed by atoms with van der Waals surface area (Å²) in [5.74, 6) is 3.20. The minimum absolute atomic E-state index is 0.121. The molecule has 1 saturated heterocycles. The first-order valence-corrected chi connectivity index (χ1v) is 11.9. The molecule has 184 valence electrons. The van der Waals surface area contributed by atoms with Crippen LogP contribution in [-0.2, 0) is 6.42 Å². The molecule has 4 rings (SSSR count). The van der Waals surface area contributed by atoms with E-state index in [0.717, 1.165) is 48.0 Å². The van der Waals surface area contributed by atoms with Crippen LogP contribution in [0.2, 0.25) is 0 Å². The number of carbonyl (C=O) groups is 1. The maximum absolute atomic E-state index is 13.0. The molecule has 0 atom stereocenters. The van der Waals surface area contributed by atoms with Gasteiger partial charge >= 0.3 is 6.03 Å². The molecule has 8 nitrogen and oxygen atoms in total. The van der Waals surface area contributed by atoms with Crippen molar-refractivity contribution in [3.05, 3.63) is 71.2 Å². The fourth-order valence-corrected chi connectivity index (χ4v) is 4.41. The smallest absolute Gasteiger partial charge is 0.322 e. The van der Waals surface area contributed by atoms with Crippen LogP contribution in [0.4, 0.5) is 16.3 Å². The van der Waals surface area contributed by atoms with Gasteiger partial charge in [0.2, 0.25) is 0 Å². The number of hydrogen-bond donors (Lipinski definition) is 1. The van der Waals surface area contributed by atoms with Crippen LogP contribution in [0.15, 0.2) is 48.5 Å². The summed E-state index contributed by atoms with van der Waals surface area (Å²) in [6.07, 6.45) is 1.59. The number of para-hydroxylation sites is 2. The number of nitrogens with zero attached hydrogens (tertiary/aromatic N) is 4. The highest BCUT2D eigenvalue weighted by atomic mass is 16.5. The van der Waals surface area contributed by atoms with E-state index in [1.807, 2.05) is 55.1 Å². The molecule has 35 heavy (non-hydrogen) atoms. The van der Waals surface area contributed by atoms with Crippen molar-refractivity contribution in [2.45, 2.75) is 26.7 Å². The van der Waals surface area contributed by atoms with Gasteiger partial charge in [-0.2, -0.15) is 0 Å². The summed E-state index contributed by atoms with van der Waals surface area (Å²) in [6, 6.07) is 15.4. The summed E-state index contributed by atoms with van der Waals surface area (Å²) in [4.78, 5) is 26.6. The standard InChI is InChI=1S/C27H33N5O3/c1-19-23(18-21-10-12-22(34-3)13-11-21)26(29-20(2)28-19)31-14-7-15-32(17-16-31)27(33)30-24-8-5-6-9-25(24)35-4/h5-6,8-13H,7,14-18H2,1-4H3,(H,30,33). The molecule has 3 aromatic rings. The van der Waals surface area contributed by atoms with Crippen LogP contribution in [0.25, 0.3) is 0 Å². The predicted molar refractivity (Wildman–Crippen MR) is 138 cm³/mol. The SMILES string of the molecule is COc1ccc(Cc2c(C)nc(C)nc2N2CCCN(C(=O)Nc3ccccc3OC)CC2)cc1. The van der Waals surface area contributed by atoms with Crippen molar-refractivity contribution in [1.29, 1.82) is 0 Å². The van der Waals surface area contributed by atoms with E-state index in [9.17, 15) is 4.79 Å². The maximum Gasteiger partial charge on any atom is 0.322 e. The van der Waals surface area contributed by atoms with Crippen LogP contribution in [0.1, 0.15) is 29.1 Å². The van der Waals surface area contributed by atoms with E-state index >= 15 is 0 Å². The quantitative estimate of drug-likeness (QED) is 0.568. The molecule has 8 heteroatoms. The van der Waals surface area contributed by atoms with Crippen molar-refractivity contribution in [2.24, 2.45) is 0 Å². The van der Waals surface area contributed by atoms with E-state index in [1.54, 1.807) is 14.2 Å². The monoisotopic (exact) mass is 475 g/mol. The van der Waals surface area contributed by atoms with E-state index < -0.39 is 0 Å². The lowest BCUT2D eigenvalue weighted by molar-refractivity contribution is 0.215. The molecule has 1 aliphatic rings. The zero-order valence-electron chi connectivity index (χ0n) is 20.9. The van der Waals surface area contributed by atoms with Crippen LogP contribution >= 0.6 is 0 Å². The van der Waals surface area contributed by atoms with Gasteiger partial charge in [-0.15, -0.1) is 0 Å². The molecule has 0 aliphatic carbocycles. The summed E-state index contributed by atoms with van der Waals surface area (Å²) in [7, 11) is 3.27. The Balaban J connectivity index is 1.50. The summed E-state index contributed by atoms with van der Waals surface area (Å²) >= 11 is 0. The molecule has 0 radical (unpaired) electrons. The van der Waals surface area contributed by atoms with Crippen LogP contribution in [0.3, 0.4) is 0 Å². The third-order valence-electron chi connectivity index (χ3n) is 6.28. The molecule has 2 heterocycles. The Morgan fingerprint density at radius 3 is 2.46 bits per heavy atom. The van der Waals surface area contributed by atoms with E-state index in [4.69, 9.17) is 14.5 Å². The third kappa shape index (κ3) is 5.82. The number of ether oxygens (including phenoxy) is 2. The van der Waals surface area contributed by atoms with Gasteiger partial charge in [0.25, 0.3) is 0 Å². The Labute approximate surface area is 206 Å². The lowest BCUT2D eigenvalue weighted by atomic mass is 10.0. The van der Waals surface area contributed by atoms with Crippen LogP contribution in [0, 0.1) is 13.8 Å². The molecule has 1 aromatic heterocycles. The second-order valence-corrected chi connectivity index (χ2v) is 8.64. The fraction of sp³-hybridized carbons (Fsp3) is 0.370. The van der Waals surface area contributed by atoms with Gasteiger partial charge in [-0.05, 0) is 50.1 Å². The lowest BCUT2D eigenvalue weighted by Gasteiger charge is -2.26. The van der Waals surface area contributed by atoms with Crippen molar-refractivity contribution < 1.29 is 14.3 Å². The van der Waals surface area contributed by atoms with Gasteiger partial charge in [0.15, 0.2) is 0 Å². The van der Waals surface area contributed by atoms with Crippen molar-refractivity contribution in [2.75, 3.05) is 50.6 Å². The van der Waals surface area contributed by atoms with E-state index in [1.165, 1.54) is 5.56 Å². The Bertz CT molecular complexity index is 1170. The van der Waals surface area contributed by atoms with Gasteiger partial charge in [-0.25, -0.2) is 14.8 Å². The second kappa shape index (κ2) is 11.1. The molecule has 2 amide bonds. The largest absolute Gasteiger partial charge is 0.497 e. The summed E-state index contributed by atoms with van der Waals surface area (Å²) in [6.45, 7) is 6.77. The number of anilines is 2. The molecule has 1 N–H and O–H groups in total. The van der Waals surface area contributed by atoms with Crippen LogP contribution in [0.5, 0.6) is 11.5 Å². The molecule has 0 unspecified atom stereocenters. The van der Waals surface area contributed by atoms with Gasteiger partial charge in [-0.1, -0.05) is 24.3 Å². The predicted octanol–water partition coefficient (Wildman–Crippen LogP) is 4.45. The van der Waals surface area contributed by atoms with Crippen LogP contribution in [-0.4, -0.2) is 61.3 Å². The first-order chi connectivity index (χ1) is 17.0. The zero-order valence-corrected chi connectivity index (χ0v) is 20.9. The summed E-state index contributed by atoms with van der Waals surface area (Å²) in [5.41, 5.74) is 3.95. The number of methoxy groups -OCH3 is 2. The van der Waals surface area contributed by atoms with Crippen LogP contribution < -0.4 is 19.7 Å². The van der Waals surface area contributed by atoms with Gasteiger partial charge < -0.3 is 24.6 Å². The molecular weight excluding hydrogens is 442 g/mol. The van der Waals surface area contributed by atoms with Gasteiger partial charge in [0, 0.05) is 43.9 Å². The van der Waals surface area contributed by atoms with Crippen molar-refractivity contribution in [3.63, 3.8) is 0 Å². The van der Waals surface area contributed by atoms with Crippen molar-refractivity contribution >= 4 is 17.5 Å². The van der Waals surface area contributed by atoms with E-state index in [2.05, 4.69) is 27.3 Å². The third-order valence-corrected chi connectivity index (χ3v) is 6.28. The van der Waals surface area contributed by atoms with Crippen molar-refractivity contribution in [1.82, 2.24) is 14.9 Å². The number of urea groups is 1. The maximum atomic E-state index is 13.0. The number of rotatable bonds is 6. The number of amides is 2. The Morgan fingerprint density at radius 2 is 1.71 bits per heavy atom. The highest BCUT2D eigenvalue weighted by Crippen LogP contribution is 2.27. The highest BCUT2D eigenvalue weighted by molar-refractivity contribution is 5.91. The Morgan fingerprint density at radius 1 is 0.943 bits per heavy atom. The number of nitrogens with one attached hydrogen (secondary N) is 1. The molecule has 2 aromatic carbocycles. The number of hydrogen-bond acceptors (Lipinski definition) is 6. The normalized spacial score (nSPS) is 13.8. The van der Waals surface area contributed by atoms with E-state index in [-0.39, 0.29) is 6.03 Å². The molecule has 0 saturated carbocycles. The van der Waals surface area contributed by atoms with Crippen molar-refractivity contribution in [3.8, 4) is 11.5 Å². The first-order valence-electron chi connectivity index (χ1n) is 11.9. The molecular formula is C27H33N5O3. The minimum Gasteiger partial charge on any atom is -0.497 e. The first kappa shape index (κ1) is 24.3. The summed E-state index contributed by atoms with van der Waals surface area (Å²) in [5, 5.41) is 2.99. The number of aryl methyl sites for hydroxylation is 2. The minimum atomic E-state index is -0.121. The van der Waals surface area contributed by atoms with Gasteiger partial charge in [0.05, 0.1) is 19.9 Å². The molecule has 1 aliphatic heterocycles. The molecule has 0 bridgehead atoms. The average Bonchev–Trinajstić information content (AvgIpc) is 3.13. The number of benzene rings is 2. The molecule has 1 fully saturated rings. The Kier molecular flexibility index (Phi) is 7.70. The highest BCUT2D eigenvalue weighted by Gasteiger charge is 2.23. The average molecular weight is 476 g/mol. The van der Waals surface area contributed by atoms with Gasteiger partial charge in [-0.3, -0.25) is 0 Å². The Hall–Kier alpha value is -3.81.